The van der Waals surface area contributed by atoms with E-state index in [0.29, 0.717) is 24.9 Å². The predicted octanol–water partition coefficient (Wildman–Crippen LogP) is -0.248. The van der Waals surface area contributed by atoms with E-state index in [2.05, 4.69) is 12.2 Å². The number of hydrogen-bond acceptors (Lipinski definition) is 3. The molecule has 0 spiro atoms. The Hall–Kier alpha value is -1.16. The fourth-order valence-corrected chi connectivity index (χ4v) is 3.31. The van der Waals surface area contributed by atoms with E-state index in [4.69, 9.17) is 5.73 Å². The van der Waals surface area contributed by atoms with Gasteiger partial charge >= 0.3 is 0 Å². The van der Waals surface area contributed by atoms with Crippen LogP contribution in [0.2, 0.25) is 0 Å². The van der Waals surface area contributed by atoms with Crippen LogP contribution in [0.1, 0.15) is 6.42 Å². The van der Waals surface area contributed by atoms with Gasteiger partial charge in [-0.2, -0.15) is 0 Å². The van der Waals surface area contributed by atoms with Gasteiger partial charge in [0, 0.05) is 13.1 Å². The van der Waals surface area contributed by atoms with Crippen molar-refractivity contribution < 1.29 is 9.59 Å². The first-order valence-electron chi connectivity index (χ1n) is 5.47. The third-order valence-corrected chi connectivity index (χ3v) is 3.91. The zero-order valence-electron chi connectivity index (χ0n) is 8.43. The molecule has 4 atom stereocenters. The van der Waals surface area contributed by atoms with Gasteiger partial charge in [-0.15, -0.1) is 0 Å². The zero-order valence-corrected chi connectivity index (χ0v) is 8.43. The molecule has 80 valence electrons. The summed E-state index contributed by atoms with van der Waals surface area (Å²) in [6.07, 6.45) is 5.19. The molecule has 4 nitrogen and oxygen atoms in total. The Morgan fingerprint density at radius 2 is 1.73 bits per heavy atom. The summed E-state index contributed by atoms with van der Waals surface area (Å²) in [4.78, 5) is 25.3. The van der Waals surface area contributed by atoms with Gasteiger partial charge in [0.25, 0.3) is 0 Å². The molecule has 3 aliphatic rings. The van der Waals surface area contributed by atoms with Crippen molar-refractivity contribution in [3.63, 3.8) is 0 Å². The molecule has 0 aromatic heterocycles. The van der Waals surface area contributed by atoms with Gasteiger partial charge in [0.15, 0.2) is 0 Å². The standard InChI is InChI=1S/C11H14N2O2/c12-3-4-13-10(14)8-6-1-2-7(5-6)9(8)11(13)15/h1-2,6-9H,3-5,12H2/t6-,7-,8+,9+/m0/s1. The van der Waals surface area contributed by atoms with Crippen molar-refractivity contribution in [3.8, 4) is 0 Å². The van der Waals surface area contributed by atoms with Crippen LogP contribution in [0.25, 0.3) is 0 Å². The third kappa shape index (κ3) is 1.00. The minimum Gasteiger partial charge on any atom is -0.329 e. The van der Waals surface area contributed by atoms with Crippen molar-refractivity contribution in [2.45, 2.75) is 6.42 Å². The Morgan fingerprint density at radius 3 is 2.20 bits per heavy atom. The summed E-state index contributed by atoms with van der Waals surface area (Å²) in [6, 6.07) is 0. The molecular weight excluding hydrogens is 192 g/mol. The van der Waals surface area contributed by atoms with E-state index in [9.17, 15) is 9.59 Å². The molecule has 15 heavy (non-hydrogen) atoms. The molecule has 1 heterocycles. The maximum Gasteiger partial charge on any atom is 0.233 e. The second-order valence-electron chi connectivity index (χ2n) is 4.62. The molecule has 0 aromatic carbocycles. The largest absolute Gasteiger partial charge is 0.329 e. The average molecular weight is 206 g/mol. The highest BCUT2D eigenvalue weighted by molar-refractivity contribution is 6.06. The van der Waals surface area contributed by atoms with E-state index in [1.165, 1.54) is 4.90 Å². The molecule has 1 saturated heterocycles. The van der Waals surface area contributed by atoms with Crippen molar-refractivity contribution in [2.24, 2.45) is 29.4 Å². The van der Waals surface area contributed by atoms with E-state index in [1.807, 2.05) is 0 Å². The van der Waals surface area contributed by atoms with Gasteiger partial charge in [0.2, 0.25) is 11.8 Å². The fourth-order valence-electron chi connectivity index (χ4n) is 3.31. The van der Waals surface area contributed by atoms with E-state index >= 15 is 0 Å². The summed E-state index contributed by atoms with van der Waals surface area (Å²) in [7, 11) is 0. The lowest BCUT2D eigenvalue weighted by Crippen LogP contribution is -2.36. The Bertz CT molecular complexity index is 334. The summed E-state index contributed by atoms with van der Waals surface area (Å²) in [5.74, 6) is 0.483. The van der Waals surface area contributed by atoms with Crippen LogP contribution in [0.3, 0.4) is 0 Å². The number of carbonyl (C=O) groups excluding carboxylic acids is 2. The summed E-state index contributed by atoms with van der Waals surface area (Å²) >= 11 is 0. The first-order chi connectivity index (χ1) is 7.24. The molecule has 0 radical (unpaired) electrons. The molecule has 2 bridgehead atoms. The van der Waals surface area contributed by atoms with Crippen molar-refractivity contribution in [3.05, 3.63) is 12.2 Å². The molecule has 1 saturated carbocycles. The number of carbonyl (C=O) groups is 2. The SMILES string of the molecule is NCCN1C(=O)[C@H]2[C@H](C1=O)[C@H]1C=C[C@H]2C1. The molecular formula is C11H14N2O2. The maximum atomic E-state index is 12.0. The lowest BCUT2D eigenvalue weighted by atomic mass is 9.85. The second kappa shape index (κ2) is 2.92. The number of rotatable bonds is 2. The molecule has 2 amide bonds. The van der Waals surface area contributed by atoms with Crippen LogP contribution in [0.5, 0.6) is 0 Å². The highest BCUT2D eigenvalue weighted by Gasteiger charge is 2.58. The monoisotopic (exact) mass is 206 g/mol. The van der Waals surface area contributed by atoms with Crippen LogP contribution < -0.4 is 5.73 Å². The van der Waals surface area contributed by atoms with E-state index in [1.54, 1.807) is 0 Å². The van der Waals surface area contributed by atoms with Gasteiger partial charge in [-0.05, 0) is 18.3 Å². The number of fused-ring (bicyclic) bond motifs is 5. The van der Waals surface area contributed by atoms with Crippen molar-refractivity contribution >= 4 is 11.8 Å². The van der Waals surface area contributed by atoms with Crippen molar-refractivity contribution in [1.29, 1.82) is 0 Å². The third-order valence-electron chi connectivity index (χ3n) is 3.91. The van der Waals surface area contributed by atoms with Crippen LogP contribution in [0.4, 0.5) is 0 Å². The van der Waals surface area contributed by atoms with Crippen molar-refractivity contribution in [2.75, 3.05) is 13.1 Å². The van der Waals surface area contributed by atoms with E-state index in [-0.39, 0.29) is 23.7 Å². The number of nitrogens with two attached hydrogens (primary N) is 1. The predicted molar refractivity (Wildman–Crippen MR) is 53.5 cm³/mol. The maximum absolute atomic E-state index is 12.0. The molecule has 2 aliphatic carbocycles. The highest BCUT2D eigenvalue weighted by atomic mass is 16.2. The van der Waals surface area contributed by atoms with Crippen LogP contribution in [-0.2, 0) is 9.59 Å². The molecule has 0 unspecified atom stereocenters. The van der Waals surface area contributed by atoms with Gasteiger partial charge in [0.1, 0.15) is 0 Å². The molecule has 1 aliphatic heterocycles. The number of imide groups is 1. The van der Waals surface area contributed by atoms with Gasteiger partial charge in [-0.1, -0.05) is 12.2 Å². The molecule has 3 rings (SSSR count). The minimum absolute atomic E-state index is 0.00676. The number of amides is 2. The Morgan fingerprint density at radius 1 is 1.20 bits per heavy atom. The molecule has 4 heteroatoms. The summed E-state index contributed by atoms with van der Waals surface area (Å²) in [6.45, 7) is 0.740. The van der Waals surface area contributed by atoms with Gasteiger partial charge in [0.05, 0.1) is 11.8 Å². The van der Waals surface area contributed by atoms with E-state index in [0.717, 1.165) is 6.42 Å². The average Bonchev–Trinajstić information content (AvgIpc) is 2.87. The van der Waals surface area contributed by atoms with Gasteiger partial charge in [-0.3, -0.25) is 14.5 Å². The van der Waals surface area contributed by atoms with Crippen LogP contribution >= 0.6 is 0 Å². The second-order valence-corrected chi connectivity index (χ2v) is 4.62. The van der Waals surface area contributed by atoms with Crippen LogP contribution in [-0.4, -0.2) is 29.8 Å². The van der Waals surface area contributed by atoms with Crippen LogP contribution in [0, 0.1) is 23.7 Å². The first kappa shape index (κ1) is 9.09. The highest BCUT2D eigenvalue weighted by Crippen LogP contribution is 2.52. The lowest BCUT2D eigenvalue weighted by molar-refractivity contribution is -0.140. The van der Waals surface area contributed by atoms with E-state index < -0.39 is 0 Å². The summed E-state index contributed by atoms with van der Waals surface area (Å²) in [5, 5.41) is 0. The number of allylic oxidation sites excluding steroid dienone is 2. The first-order valence-corrected chi connectivity index (χ1v) is 5.47. The number of likely N-dealkylation sites (tertiary alicyclic amines) is 1. The Balaban J connectivity index is 1.93. The number of nitrogens with zero attached hydrogens (tertiary/aromatic N) is 1. The molecule has 2 N–H and O–H groups in total. The quantitative estimate of drug-likeness (QED) is 0.500. The minimum atomic E-state index is -0.0703. The number of hydrogen-bond donors (Lipinski definition) is 1. The van der Waals surface area contributed by atoms with Crippen LogP contribution in [0.15, 0.2) is 12.2 Å². The topological polar surface area (TPSA) is 63.4 Å². The molecule has 0 aromatic rings. The normalized spacial score (nSPS) is 41.8. The van der Waals surface area contributed by atoms with Gasteiger partial charge in [-0.25, -0.2) is 0 Å². The summed E-state index contributed by atoms with van der Waals surface area (Å²) < 4.78 is 0. The van der Waals surface area contributed by atoms with Gasteiger partial charge < -0.3 is 5.73 Å². The van der Waals surface area contributed by atoms with Crippen molar-refractivity contribution in [1.82, 2.24) is 4.90 Å². The summed E-state index contributed by atoms with van der Waals surface area (Å²) in [5.41, 5.74) is 5.41. The zero-order chi connectivity index (χ0) is 10.6. The molecule has 2 fully saturated rings. The lowest BCUT2D eigenvalue weighted by Gasteiger charge is -2.15. The smallest absolute Gasteiger partial charge is 0.233 e. The fraction of sp³-hybridized carbons (Fsp3) is 0.636. The Kier molecular flexibility index (Phi) is 1.77. The Labute approximate surface area is 88.1 Å².